The Balaban J connectivity index is 4.22. The summed E-state index contributed by atoms with van der Waals surface area (Å²) in [5, 5.41) is 20.2. The van der Waals surface area contributed by atoms with Gasteiger partial charge in [-0.3, -0.25) is 4.79 Å². The zero-order valence-corrected chi connectivity index (χ0v) is 10.1. The summed E-state index contributed by atoms with van der Waals surface area (Å²) < 4.78 is 0. The van der Waals surface area contributed by atoms with Gasteiger partial charge in [0, 0.05) is 13.6 Å². The minimum absolute atomic E-state index is 0.0453. The zero-order chi connectivity index (χ0) is 12.9. The van der Waals surface area contributed by atoms with E-state index in [2.05, 4.69) is 5.32 Å². The third kappa shape index (κ3) is 4.06. The van der Waals surface area contributed by atoms with E-state index in [1.165, 1.54) is 18.7 Å². The molecule has 16 heavy (non-hydrogen) atoms. The van der Waals surface area contributed by atoms with Gasteiger partial charge in [-0.05, 0) is 20.8 Å². The van der Waals surface area contributed by atoms with E-state index < -0.39 is 17.4 Å². The third-order valence-electron chi connectivity index (χ3n) is 2.51. The van der Waals surface area contributed by atoms with Crippen molar-refractivity contribution in [1.29, 1.82) is 0 Å². The molecule has 0 heterocycles. The van der Waals surface area contributed by atoms with Crippen LogP contribution in [0.5, 0.6) is 0 Å². The van der Waals surface area contributed by atoms with Crippen LogP contribution in [-0.2, 0) is 4.79 Å². The predicted molar refractivity (Wildman–Crippen MR) is 59.1 cm³/mol. The van der Waals surface area contributed by atoms with Crippen molar-refractivity contribution in [3.05, 3.63) is 0 Å². The number of aliphatic hydroxyl groups is 1. The Morgan fingerprint density at radius 2 is 1.94 bits per heavy atom. The number of urea groups is 1. The molecular formula is C10H20N2O4. The molecule has 0 saturated heterocycles. The number of aliphatic hydroxyl groups excluding tert-OH is 1. The molecule has 0 bridgehead atoms. The second-order valence-corrected chi connectivity index (χ2v) is 4.49. The number of carboxylic acids is 1. The standard InChI is InChI=1S/C10H20N2O4/c1-7(5-13)12(4)9(16)11-6-10(2,3)8(14)15/h7,13H,5-6H2,1-4H3,(H,11,16)(H,14,15). The largest absolute Gasteiger partial charge is 0.481 e. The van der Waals surface area contributed by atoms with Crippen molar-refractivity contribution in [2.24, 2.45) is 5.41 Å². The molecule has 6 nitrogen and oxygen atoms in total. The number of carbonyl (C=O) groups excluding carboxylic acids is 1. The first-order valence-electron chi connectivity index (χ1n) is 5.07. The van der Waals surface area contributed by atoms with E-state index in [0.29, 0.717) is 0 Å². The Kier molecular flexibility index (Phi) is 5.23. The highest BCUT2D eigenvalue weighted by Gasteiger charge is 2.28. The van der Waals surface area contributed by atoms with Crippen LogP contribution in [0.3, 0.4) is 0 Å². The Hall–Kier alpha value is -1.30. The van der Waals surface area contributed by atoms with Crippen molar-refractivity contribution in [3.8, 4) is 0 Å². The molecule has 0 rings (SSSR count). The van der Waals surface area contributed by atoms with Crippen LogP contribution >= 0.6 is 0 Å². The van der Waals surface area contributed by atoms with E-state index in [-0.39, 0.29) is 19.2 Å². The molecule has 0 aromatic rings. The molecule has 0 aliphatic carbocycles. The summed E-state index contributed by atoms with van der Waals surface area (Å²) >= 11 is 0. The highest BCUT2D eigenvalue weighted by Crippen LogP contribution is 2.13. The molecule has 6 heteroatoms. The summed E-state index contributed by atoms with van der Waals surface area (Å²) in [6, 6.07) is -0.691. The number of nitrogens with zero attached hydrogens (tertiary/aromatic N) is 1. The lowest BCUT2D eigenvalue weighted by Gasteiger charge is -2.26. The lowest BCUT2D eigenvalue weighted by Crippen LogP contribution is -2.47. The number of hydrogen-bond acceptors (Lipinski definition) is 3. The van der Waals surface area contributed by atoms with Crippen LogP contribution in [0.15, 0.2) is 0 Å². The van der Waals surface area contributed by atoms with E-state index in [1.54, 1.807) is 14.0 Å². The normalized spacial score (nSPS) is 13.1. The van der Waals surface area contributed by atoms with Gasteiger partial charge in [-0.25, -0.2) is 4.79 Å². The summed E-state index contributed by atoms with van der Waals surface area (Å²) in [7, 11) is 1.55. The van der Waals surface area contributed by atoms with E-state index in [4.69, 9.17) is 10.2 Å². The number of rotatable bonds is 5. The first-order chi connectivity index (χ1) is 7.22. The van der Waals surface area contributed by atoms with Crippen molar-refractivity contribution < 1.29 is 19.8 Å². The molecule has 0 aliphatic rings. The fourth-order valence-corrected chi connectivity index (χ4v) is 0.820. The van der Waals surface area contributed by atoms with Crippen LogP contribution < -0.4 is 5.32 Å². The van der Waals surface area contributed by atoms with E-state index in [9.17, 15) is 9.59 Å². The van der Waals surface area contributed by atoms with Gasteiger partial charge < -0.3 is 20.4 Å². The van der Waals surface area contributed by atoms with Gasteiger partial charge in [0.2, 0.25) is 0 Å². The molecule has 1 unspecified atom stereocenters. The average molecular weight is 232 g/mol. The van der Waals surface area contributed by atoms with Crippen molar-refractivity contribution in [3.63, 3.8) is 0 Å². The van der Waals surface area contributed by atoms with Gasteiger partial charge in [-0.15, -0.1) is 0 Å². The lowest BCUT2D eigenvalue weighted by molar-refractivity contribution is -0.146. The fourth-order valence-electron chi connectivity index (χ4n) is 0.820. The molecule has 1 atom stereocenters. The second kappa shape index (κ2) is 5.69. The van der Waals surface area contributed by atoms with E-state index >= 15 is 0 Å². The summed E-state index contributed by atoms with van der Waals surface area (Å²) in [4.78, 5) is 23.6. The SMILES string of the molecule is CC(CO)N(C)C(=O)NCC(C)(C)C(=O)O. The highest BCUT2D eigenvalue weighted by molar-refractivity contribution is 5.77. The van der Waals surface area contributed by atoms with Crippen molar-refractivity contribution >= 4 is 12.0 Å². The molecule has 3 N–H and O–H groups in total. The second-order valence-electron chi connectivity index (χ2n) is 4.49. The Bertz CT molecular complexity index is 266. The molecule has 94 valence electrons. The van der Waals surface area contributed by atoms with Crippen LogP contribution in [0.2, 0.25) is 0 Å². The summed E-state index contributed by atoms with van der Waals surface area (Å²) in [6.45, 7) is 4.67. The van der Waals surface area contributed by atoms with Crippen LogP contribution in [0.1, 0.15) is 20.8 Å². The first kappa shape index (κ1) is 14.7. The number of carbonyl (C=O) groups is 2. The monoisotopic (exact) mass is 232 g/mol. The molecule has 0 fully saturated rings. The summed E-state index contributed by atoms with van der Waals surface area (Å²) in [6.07, 6.45) is 0. The van der Waals surface area contributed by atoms with Gasteiger partial charge in [-0.1, -0.05) is 0 Å². The topological polar surface area (TPSA) is 89.9 Å². The van der Waals surface area contributed by atoms with Crippen molar-refractivity contribution in [1.82, 2.24) is 10.2 Å². The number of nitrogens with one attached hydrogen (secondary N) is 1. The van der Waals surface area contributed by atoms with Crippen LogP contribution in [-0.4, -0.2) is 53.4 Å². The Morgan fingerprint density at radius 3 is 2.31 bits per heavy atom. The maximum atomic E-state index is 11.5. The lowest BCUT2D eigenvalue weighted by atomic mass is 9.94. The minimum Gasteiger partial charge on any atom is -0.481 e. The summed E-state index contributed by atoms with van der Waals surface area (Å²) in [5.74, 6) is -0.967. The smallest absolute Gasteiger partial charge is 0.317 e. The number of aliphatic carboxylic acids is 1. The molecule has 0 aromatic carbocycles. The molecule has 0 spiro atoms. The van der Waals surface area contributed by atoms with Gasteiger partial charge in [0.25, 0.3) is 0 Å². The maximum Gasteiger partial charge on any atom is 0.317 e. The quantitative estimate of drug-likeness (QED) is 0.628. The molecular weight excluding hydrogens is 212 g/mol. The fraction of sp³-hybridized carbons (Fsp3) is 0.800. The van der Waals surface area contributed by atoms with Crippen molar-refractivity contribution in [2.45, 2.75) is 26.8 Å². The van der Waals surface area contributed by atoms with Gasteiger partial charge in [0.1, 0.15) is 0 Å². The van der Waals surface area contributed by atoms with Gasteiger partial charge in [0.05, 0.1) is 18.1 Å². The molecule has 0 aliphatic heterocycles. The zero-order valence-electron chi connectivity index (χ0n) is 10.1. The highest BCUT2D eigenvalue weighted by atomic mass is 16.4. The maximum absolute atomic E-state index is 11.5. The molecule has 2 amide bonds. The average Bonchev–Trinajstić information content (AvgIpc) is 2.23. The Labute approximate surface area is 95.2 Å². The number of amides is 2. The van der Waals surface area contributed by atoms with Crippen LogP contribution in [0.4, 0.5) is 4.79 Å². The first-order valence-corrected chi connectivity index (χ1v) is 5.07. The van der Waals surface area contributed by atoms with Gasteiger partial charge >= 0.3 is 12.0 Å². The van der Waals surface area contributed by atoms with E-state index in [0.717, 1.165) is 0 Å². The molecule has 0 radical (unpaired) electrons. The third-order valence-corrected chi connectivity index (χ3v) is 2.51. The van der Waals surface area contributed by atoms with Crippen LogP contribution in [0, 0.1) is 5.41 Å². The number of likely N-dealkylation sites (N-methyl/N-ethyl adjacent to an activating group) is 1. The van der Waals surface area contributed by atoms with Crippen molar-refractivity contribution in [2.75, 3.05) is 20.2 Å². The summed E-state index contributed by atoms with van der Waals surface area (Å²) in [5.41, 5.74) is -1.00. The Morgan fingerprint density at radius 1 is 1.44 bits per heavy atom. The van der Waals surface area contributed by atoms with Crippen LogP contribution in [0.25, 0.3) is 0 Å². The minimum atomic E-state index is -1.00. The number of carboxylic acid groups (broad SMARTS) is 1. The molecule has 0 saturated carbocycles. The van der Waals surface area contributed by atoms with Gasteiger partial charge in [-0.2, -0.15) is 0 Å². The molecule has 0 aromatic heterocycles. The predicted octanol–water partition coefficient (Wildman–Crippen LogP) is 0.119. The van der Waals surface area contributed by atoms with E-state index in [1.807, 2.05) is 0 Å². The van der Waals surface area contributed by atoms with Gasteiger partial charge in [0.15, 0.2) is 0 Å². The number of hydrogen-bond donors (Lipinski definition) is 3.